The van der Waals surface area contributed by atoms with Gasteiger partial charge in [-0.05, 0) is 43.3 Å². The second-order valence-electron chi connectivity index (χ2n) is 5.28. The van der Waals surface area contributed by atoms with Gasteiger partial charge in [-0.1, -0.05) is 27.6 Å². The maximum absolute atomic E-state index is 12.3. The van der Waals surface area contributed by atoms with Crippen molar-refractivity contribution in [3.63, 3.8) is 0 Å². The van der Waals surface area contributed by atoms with Crippen molar-refractivity contribution in [2.24, 2.45) is 0 Å². The molecule has 0 aliphatic rings. The Morgan fingerprint density at radius 2 is 1.77 bits per heavy atom. The molecular weight excluding hydrogens is 344 g/mol. The molecule has 0 atom stereocenters. The van der Waals surface area contributed by atoms with Gasteiger partial charge in [-0.2, -0.15) is 0 Å². The van der Waals surface area contributed by atoms with Crippen LogP contribution >= 0.6 is 15.9 Å². The predicted octanol–water partition coefficient (Wildman–Crippen LogP) is 5.28. The number of furan rings is 1. The predicted molar refractivity (Wildman–Crippen MR) is 90.1 cm³/mol. The normalized spacial score (nSPS) is 11.4. The molecule has 0 bridgehead atoms. The van der Waals surface area contributed by atoms with Crippen molar-refractivity contribution in [3.05, 3.63) is 69.2 Å². The average molecular weight is 355 g/mol. The van der Waals surface area contributed by atoms with Crippen LogP contribution in [0.15, 0.2) is 66.8 Å². The van der Waals surface area contributed by atoms with E-state index >= 15 is 0 Å². The lowest BCUT2D eigenvalue weighted by molar-refractivity contribution is 0.562. The van der Waals surface area contributed by atoms with Gasteiger partial charge in [-0.3, -0.25) is 0 Å². The molecule has 2 aromatic heterocycles. The number of halogens is 1. The highest BCUT2D eigenvalue weighted by molar-refractivity contribution is 9.10. The van der Waals surface area contributed by atoms with E-state index in [9.17, 15) is 4.79 Å². The monoisotopic (exact) mass is 354 g/mol. The summed E-state index contributed by atoms with van der Waals surface area (Å²) in [5, 5.41) is 1.78. The second-order valence-corrected chi connectivity index (χ2v) is 6.19. The van der Waals surface area contributed by atoms with E-state index in [1.54, 1.807) is 12.3 Å². The zero-order valence-corrected chi connectivity index (χ0v) is 13.3. The molecule has 0 aliphatic heterocycles. The van der Waals surface area contributed by atoms with Crippen molar-refractivity contribution in [3.8, 4) is 11.1 Å². The van der Waals surface area contributed by atoms with Crippen LogP contribution in [0.5, 0.6) is 0 Å². The van der Waals surface area contributed by atoms with Crippen LogP contribution < -0.4 is 5.63 Å². The van der Waals surface area contributed by atoms with Crippen molar-refractivity contribution in [2.75, 3.05) is 0 Å². The van der Waals surface area contributed by atoms with Crippen LogP contribution in [0, 0.1) is 6.92 Å². The Hall–Kier alpha value is -2.33. The molecule has 0 unspecified atom stereocenters. The van der Waals surface area contributed by atoms with E-state index in [0.29, 0.717) is 11.1 Å². The molecule has 0 radical (unpaired) electrons. The Kier molecular flexibility index (Phi) is 2.94. The van der Waals surface area contributed by atoms with Gasteiger partial charge in [-0.25, -0.2) is 4.79 Å². The van der Waals surface area contributed by atoms with E-state index in [2.05, 4.69) is 15.9 Å². The first-order chi connectivity index (χ1) is 10.6. The fourth-order valence-electron chi connectivity index (χ4n) is 2.63. The van der Waals surface area contributed by atoms with Gasteiger partial charge in [0.1, 0.15) is 11.2 Å². The highest BCUT2D eigenvalue weighted by atomic mass is 79.9. The Balaban J connectivity index is 2.05. The molecule has 0 N–H and O–H groups in total. The van der Waals surface area contributed by atoms with Crippen molar-refractivity contribution in [2.45, 2.75) is 6.92 Å². The Morgan fingerprint density at radius 3 is 2.64 bits per heavy atom. The second kappa shape index (κ2) is 4.85. The van der Waals surface area contributed by atoms with E-state index < -0.39 is 0 Å². The molecule has 4 heteroatoms. The smallest absolute Gasteiger partial charge is 0.344 e. The number of fused-ring (bicyclic) bond motifs is 2. The average Bonchev–Trinajstić information content (AvgIpc) is 2.90. The zero-order chi connectivity index (χ0) is 15.3. The van der Waals surface area contributed by atoms with Gasteiger partial charge in [0.25, 0.3) is 0 Å². The molecule has 4 aromatic rings. The molecule has 0 amide bonds. The van der Waals surface area contributed by atoms with Crippen LogP contribution in [0.2, 0.25) is 0 Å². The zero-order valence-electron chi connectivity index (χ0n) is 11.7. The lowest BCUT2D eigenvalue weighted by Crippen LogP contribution is -2.02. The molecule has 2 heterocycles. The van der Waals surface area contributed by atoms with Gasteiger partial charge >= 0.3 is 5.63 Å². The summed E-state index contributed by atoms with van der Waals surface area (Å²) >= 11 is 3.44. The minimum Gasteiger partial charge on any atom is -0.464 e. The van der Waals surface area contributed by atoms with Gasteiger partial charge < -0.3 is 8.83 Å². The molecule has 4 rings (SSSR count). The van der Waals surface area contributed by atoms with Crippen molar-refractivity contribution < 1.29 is 8.83 Å². The summed E-state index contributed by atoms with van der Waals surface area (Å²) in [6.45, 7) is 2.01. The molecule has 0 saturated carbocycles. The first-order valence-electron chi connectivity index (χ1n) is 6.83. The highest BCUT2D eigenvalue weighted by Crippen LogP contribution is 2.31. The molecule has 0 spiro atoms. The van der Waals surface area contributed by atoms with Crippen molar-refractivity contribution >= 4 is 37.9 Å². The van der Waals surface area contributed by atoms with Crippen LogP contribution in [-0.2, 0) is 0 Å². The molecule has 2 aromatic carbocycles. The standard InChI is InChI=1S/C18H11BrO3/c1-10-2-4-17-13(6-10)15(9-21-17)14-8-11-7-12(19)3-5-16(11)22-18(14)20/h2-9H,1H3. The van der Waals surface area contributed by atoms with Crippen molar-refractivity contribution in [1.29, 1.82) is 0 Å². The lowest BCUT2D eigenvalue weighted by Gasteiger charge is -2.02. The Labute approximate surface area is 134 Å². The summed E-state index contributed by atoms with van der Waals surface area (Å²) < 4.78 is 11.9. The van der Waals surface area contributed by atoms with Crippen LogP contribution in [0.1, 0.15) is 5.56 Å². The third kappa shape index (κ3) is 2.07. The van der Waals surface area contributed by atoms with Crippen LogP contribution in [0.4, 0.5) is 0 Å². The minimum atomic E-state index is -0.362. The maximum atomic E-state index is 12.3. The van der Waals surface area contributed by atoms with Gasteiger partial charge in [0.2, 0.25) is 0 Å². The van der Waals surface area contributed by atoms with E-state index in [1.165, 1.54) is 0 Å². The topological polar surface area (TPSA) is 43.4 Å². The fraction of sp³-hybridized carbons (Fsp3) is 0.0556. The molecule has 22 heavy (non-hydrogen) atoms. The molecule has 0 fully saturated rings. The van der Waals surface area contributed by atoms with E-state index in [0.717, 1.165) is 32.0 Å². The summed E-state index contributed by atoms with van der Waals surface area (Å²) in [5.41, 5.74) is 3.35. The number of benzene rings is 2. The van der Waals surface area contributed by atoms with Gasteiger partial charge in [0, 0.05) is 20.8 Å². The van der Waals surface area contributed by atoms with E-state index in [1.807, 2.05) is 43.3 Å². The Bertz CT molecular complexity index is 1070. The summed E-state index contributed by atoms with van der Waals surface area (Å²) in [6, 6.07) is 13.3. The number of aryl methyl sites for hydroxylation is 1. The third-order valence-corrected chi connectivity index (χ3v) is 4.21. The van der Waals surface area contributed by atoms with Crippen LogP contribution in [-0.4, -0.2) is 0 Å². The highest BCUT2D eigenvalue weighted by Gasteiger charge is 2.14. The first kappa shape index (κ1) is 13.3. The molecule has 108 valence electrons. The third-order valence-electron chi connectivity index (χ3n) is 3.71. The van der Waals surface area contributed by atoms with Gasteiger partial charge in [0.15, 0.2) is 0 Å². The maximum Gasteiger partial charge on any atom is 0.344 e. The van der Waals surface area contributed by atoms with Crippen LogP contribution in [0.3, 0.4) is 0 Å². The SMILES string of the molecule is Cc1ccc2occ(-c3cc4cc(Br)ccc4oc3=O)c2c1. The summed E-state index contributed by atoms with van der Waals surface area (Å²) in [4.78, 5) is 12.3. The molecular formula is C18H11BrO3. The van der Waals surface area contributed by atoms with E-state index in [-0.39, 0.29) is 5.63 Å². The first-order valence-corrected chi connectivity index (χ1v) is 7.63. The van der Waals surface area contributed by atoms with Gasteiger partial charge in [0.05, 0.1) is 11.8 Å². The van der Waals surface area contributed by atoms with Crippen molar-refractivity contribution in [1.82, 2.24) is 0 Å². The summed E-state index contributed by atoms with van der Waals surface area (Å²) in [6.07, 6.45) is 1.61. The van der Waals surface area contributed by atoms with E-state index in [4.69, 9.17) is 8.83 Å². The molecule has 0 aliphatic carbocycles. The molecule has 3 nitrogen and oxygen atoms in total. The lowest BCUT2D eigenvalue weighted by atomic mass is 10.0. The minimum absolute atomic E-state index is 0.362. The van der Waals surface area contributed by atoms with Gasteiger partial charge in [-0.15, -0.1) is 0 Å². The number of hydrogen-bond acceptors (Lipinski definition) is 3. The Morgan fingerprint density at radius 1 is 0.955 bits per heavy atom. The molecule has 0 saturated heterocycles. The van der Waals surface area contributed by atoms with Crippen LogP contribution in [0.25, 0.3) is 33.1 Å². The fourth-order valence-corrected chi connectivity index (χ4v) is 3.01. The summed E-state index contributed by atoms with van der Waals surface area (Å²) in [5.74, 6) is 0. The largest absolute Gasteiger partial charge is 0.464 e. The summed E-state index contributed by atoms with van der Waals surface area (Å²) in [7, 11) is 0. The number of rotatable bonds is 1. The quantitative estimate of drug-likeness (QED) is 0.437. The number of hydrogen-bond donors (Lipinski definition) is 0.